The number of aliphatic hydroxyl groups excluding tert-OH is 1. The first-order valence-electron chi connectivity index (χ1n) is 8.26. The molecule has 1 aliphatic heterocycles. The second kappa shape index (κ2) is 7.86. The van der Waals surface area contributed by atoms with E-state index >= 15 is 0 Å². The summed E-state index contributed by atoms with van der Waals surface area (Å²) in [5.74, 6) is -0.220. The van der Waals surface area contributed by atoms with Crippen LogP contribution >= 0.6 is 0 Å². The smallest absolute Gasteiger partial charge is 0.188 e. The van der Waals surface area contributed by atoms with Crippen molar-refractivity contribution in [2.45, 2.75) is 45.8 Å². The minimum absolute atomic E-state index is 0.220. The Morgan fingerprint density at radius 1 is 1.18 bits per heavy atom. The van der Waals surface area contributed by atoms with Crippen molar-refractivity contribution < 1.29 is 9.90 Å². The summed E-state index contributed by atoms with van der Waals surface area (Å²) in [7, 11) is 0. The minimum Gasteiger partial charge on any atom is -0.388 e. The van der Waals surface area contributed by atoms with Gasteiger partial charge in [-0.25, -0.2) is 0 Å². The number of piperazine rings is 1. The molecule has 4 nitrogen and oxygen atoms in total. The molecule has 1 heterocycles. The summed E-state index contributed by atoms with van der Waals surface area (Å²) in [6, 6.07) is 8.79. The van der Waals surface area contributed by atoms with E-state index in [4.69, 9.17) is 5.11 Å². The Kier molecular flexibility index (Phi) is 6.12. The van der Waals surface area contributed by atoms with Crippen molar-refractivity contribution in [3.05, 3.63) is 35.4 Å². The standard InChI is InChI=1S/C18H28N2O2/c1-4-9-20-14(2)10-19(11-15(20)3)12-16-5-7-17(8-6-16)18(22)13-21/h5-8,14-15,21H,4,9-13H2,1-3H3/t14-,15+. The summed E-state index contributed by atoms with van der Waals surface area (Å²) in [4.78, 5) is 16.5. The molecule has 0 unspecified atom stereocenters. The zero-order chi connectivity index (χ0) is 16.1. The van der Waals surface area contributed by atoms with E-state index in [1.54, 1.807) is 0 Å². The van der Waals surface area contributed by atoms with E-state index in [1.165, 1.54) is 18.5 Å². The lowest BCUT2D eigenvalue weighted by molar-refractivity contribution is 0.0351. The highest BCUT2D eigenvalue weighted by Gasteiger charge is 2.28. The molecular weight excluding hydrogens is 276 g/mol. The normalized spacial score (nSPS) is 23.6. The Hall–Kier alpha value is -1.23. The molecule has 1 aromatic rings. The molecule has 1 N–H and O–H groups in total. The highest BCUT2D eigenvalue weighted by molar-refractivity contribution is 5.96. The van der Waals surface area contributed by atoms with E-state index in [9.17, 15) is 4.79 Å². The fraction of sp³-hybridized carbons (Fsp3) is 0.611. The lowest BCUT2D eigenvalue weighted by Gasteiger charge is -2.44. The van der Waals surface area contributed by atoms with Gasteiger partial charge in [-0.1, -0.05) is 31.2 Å². The summed E-state index contributed by atoms with van der Waals surface area (Å²) in [5, 5.41) is 8.88. The van der Waals surface area contributed by atoms with Crippen LogP contribution in [0.25, 0.3) is 0 Å². The third-order valence-corrected chi connectivity index (χ3v) is 4.48. The molecular formula is C18H28N2O2. The molecule has 4 heteroatoms. The van der Waals surface area contributed by atoms with Gasteiger partial charge in [0.2, 0.25) is 0 Å². The number of nitrogens with zero attached hydrogens (tertiary/aromatic N) is 2. The number of aliphatic hydroxyl groups is 1. The van der Waals surface area contributed by atoms with Gasteiger partial charge in [-0.05, 0) is 32.4 Å². The second-order valence-corrected chi connectivity index (χ2v) is 6.41. The first kappa shape index (κ1) is 17.1. The van der Waals surface area contributed by atoms with Crippen LogP contribution in [0.3, 0.4) is 0 Å². The van der Waals surface area contributed by atoms with Crippen LogP contribution in [0.4, 0.5) is 0 Å². The number of Topliss-reactive ketones (excluding diaryl/α,β-unsaturated/α-hetero) is 1. The lowest BCUT2D eigenvalue weighted by atomic mass is 10.0. The van der Waals surface area contributed by atoms with Crippen molar-refractivity contribution >= 4 is 5.78 Å². The molecule has 1 aromatic carbocycles. The third kappa shape index (κ3) is 4.15. The van der Waals surface area contributed by atoms with Crippen LogP contribution in [0.15, 0.2) is 24.3 Å². The Balaban J connectivity index is 1.95. The molecule has 0 radical (unpaired) electrons. The average molecular weight is 304 g/mol. The van der Waals surface area contributed by atoms with Gasteiger partial charge in [0.15, 0.2) is 5.78 Å². The highest BCUT2D eigenvalue weighted by Crippen LogP contribution is 2.18. The van der Waals surface area contributed by atoms with Crippen molar-refractivity contribution in [2.75, 3.05) is 26.2 Å². The van der Waals surface area contributed by atoms with Crippen LogP contribution in [-0.4, -0.2) is 59.0 Å². The van der Waals surface area contributed by atoms with Crippen LogP contribution in [0.2, 0.25) is 0 Å². The zero-order valence-corrected chi connectivity index (χ0v) is 14.0. The van der Waals surface area contributed by atoms with E-state index < -0.39 is 6.61 Å². The predicted octanol–water partition coefficient (Wildman–Crippen LogP) is 2.17. The van der Waals surface area contributed by atoms with Crippen molar-refractivity contribution in [2.24, 2.45) is 0 Å². The number of carbonyl (C=O) groups excluding carboxylic acids is 1. The van der Waals surface area contributed by atoms with Crippen LogP contribution in [0, 0.1) is 0 Å². The molecule has 0 saturated carbocycles. The summed E-state index contributed by atoms with van der Waals surface area (Å²) < 4.78 is 0. The van der Waals surface area contributed by atoms with Crippen LogP contribution < -0.4 is 0 Å². The third-order valence-electron chi connectivity index (χ3n) is 4.48. The summed E-state index contributed by atoms with van der Waals surface area (Å²) in [6.07, 6.45) is 1.20. The summed E-state index contributed by atoms with van der Waals surface area (Å²) >= 11 is 0. The van der Waals surface area contributed by atoms with E-state index in [0.29, 0.717) is 17.6 Å². The largest absolute Gasteiger partial charge is 0.388 e. The fourth-order valence-electron chi connectivity index (χ4n) is 3.44. The molecule has 0 amide bonds. The van der Waals surface area contributed by atoms with Gasteiger partial charge in [-0.3, -0.25) is 14.6 Å². The Morgan fingerprint density at radius 2 is 1.77 bits per heavy atom. The first-order chi connectivity index (χ1) is 10.5. The van der Waals surface area contributed by atoms with Gasteiger partial charge in [0, 0.05) is 37.3 Å². The molecule has 1 saturated heterocycles. The summed E-state index contributed by atoms with van der Waals surface area (Å²) in [6.45, 7) is 10.7. The molecule has 0 bridgehead atoms. The molecule has 1 aliphatic rings. The van der Waals surface area contributed by atoms with E-state index in [2.05, 4.69) is 30.6 Å². The number of rotatable bonds is 6. The van der Waals surface area contributed by atoms with Gasteiger partial charge in [0.1, 0.15) is 6.61 Å². The highest BCUT2D eigenvalue weighted by atomic mass is 16.3. The second-order valence-electron chi connectivity index (χ2n) is 6.41. The quantitative estimate of drug-likeness (QED) is 0.818. The Bertz CT molecular complexity index is 474. The van der Waals surface area contributed by atoms with Crippen molar-refractivity contribution in [1.82, 2.24) is 9.80 Å². The molecule has 1 fully saturated rings. The summed E-state index contributed by atoms with van der Waals surface area (Å²) in [5.41, 5.74) is 1.80. The number of hydrogen-bond acceptors (Lipinski definition) is 4. The van der Waals surface area contributed by atoms with Crippen molar-refractivity contribution in [3.8, 4) is 0 Å². The molecule has 22 heavy (non-hydrogen) atoms. The predicted molar refractivity (Wildman–Crippen MR) is 89.1 cm³/mol. The number of ketones is 1. The molecule has 2 atom stereocenters. The maximum Gasteiger partial charge on any atom is 0.188 e. The van der Waals surface area contributed by atoms with E-state index in [0.717, 1.165) is 19.6 Å². The molecule has 0 aromatic heterocycles. The van der Waals surface area contributed by atoms with Crippen molar-refractivity contribution in [3.63, 3.8) is 0 Å². The molecule has 0 spiro atoms. The van der Waals surface area contributed by atoms with Crippen LogP contribution in [0.1, 0.15) is 43.1 Å². The topological polar surface area (TPSA) is 43.8 Å². The van der Waals surface area contributed by atoms with Gasteiger partial charge >= 0.3 is 0 Å². The SMILES string of the molecule is CCCN1[C@H](C)CN(Cc2ccc(C(=O)CO)cc2)C[C@@H]1C. The van der Waals surface area contributed by atoms with E-state index in [1.807, 2.05) is 24.3 Å². The average Bonchev–Trinajstić information content (AvgIpc) is 2.51. The van der Waals surface area contributed by atoms with Crippen LogP contribution in [-0.2, 0) is 6.54 Å². The maximum atomic E-state index is 11.4. The zero-order valence-electron chi connectivity index (χ0n) is 14.0. The van der Waals surface area contributed by atoms with Gasteiger partial charge in [0.05, 0.1) is 0 Å². The Labute approximate surface area is 133 Å². The van der Waals surface area contributed by atoms with Crippen molar-refractivity contribution in [1.29, 1.82) is 0 Å². The van der Waals surface area contributed by atoms with Gasteiger partial charge in [-0.15, -0.1) is 0 Å². The molecule has 2 rings (SSSR count). The number of carbonyl (C=O) groups is 1. The fourth-order valence-corrected chi connectivity index (χ4v) is 3.44. The number of benzene rings is 1. The first-order valence-corrected chi connectivity index (χ1v) is 8.26. The van der Waals surface area contributed by atoms with E-state index in [-0.39, 0.29) is 5.78 Å². The number of hydrogen-bond donors (Lipinski definition) is 1. The monoisotopic (exact) mass is 304 g/mol. The van der Waals surface area contributed by atoms with Gasteiger partial charge in [-0.2, -0.15) is 0 Å². The van der Waals surface area contributed by atoms with Gasteiger partial charge in [0.25, 0.3) is 0 Å². The molecule has 122 valence electrons. The Morgan fingerprint density at radius 3 is 2.27 bits per heavy atom. The lowest BCUT2D eigenvalue weighted by Crippen LogP contribution is -2.56. The molecule has 0 aliphatic carbocycles. The maximum absolute atomic E-state index is 11.4. The van der Waals surface area contributed by atoms with Crippen LogP contribution in [0.5, 0.6) is 0 Å². The van der Waals surface area contributed by atoms with Gasteiger partial charge < -0.3 is 5.11 Å². The minimum atomic E-state index is -0.423.